The number of aryl methyl sites for hydroxylation is 1. The lowest BCUT2D eigenvalue weighted by atomic mass is 10.1. The Morgan fingerprint density at radius 2 is 1.87 bits per heavy atom. The molecule has 0 saturated heterocycles. The van der Waals surface area contributed by atoms with E-state index in [1.807, 2.05) is 55.5 Å². The monoisotopic (exact) mass is 407 g/mol. The van der Waals surface area contributed by atoms with Crippen molar-refractivity contribution < 1.29 is 19.1 Å². The number of amides is 2. The molecule has 7 heteroatoms. The zero-order chi connectivity index (χ0) is 21.5. The van der Waals surface area contributed by atoms with Crippen molar-refractivity contribution in [3.05, 3.63) is 65.7 Å². The fourth-order valence-corrected chi connectivity index (χ4v) is 3.08. The molecule has 0 radical (unpaired) electrons. The fourth-order valence-electron chi connectivity index (χ4n) is 3.08. The highest BCUT2D eigenvalue weighted by atomic mass is 16.5. The minimum absolute atomic E-state index is 0.0172. The third-order valence-corrected chi connectivity index (χ3v) is 4.70. The summed E-state index contributed by atoms with van der Waals surface area (Å²) in [5.41, 5.74) is 3.49. The number of hydrogen-bond donors (Lipinski definition) is 1. The summed E-state index contributed by atoms with van der Waals surface area (Å²) in [6.07, 6.45) is -0.400. The third-order valence-electron chi connectivity index (χ3n) is 4.70. The minimum atomic E-state index is -0.956. The average molecular weight is 407 g/mol. The molecular formula is C23H25N3O4. The highest BCUT2D eigenvalue weighted by Gasteiger charge is 2.23. The van der Waals surface area contributed by atoms with Gasteiger partial charge >= 0.3 is 5.97 Å². The van der Waals surface area contributed by atoms with E-state index in [-0.39, 0.29) is 18.7 Å². The van der Waals surface area contributed by atoms with E-state index in [0.29, 0.717) is 18.7 Å². The van der Waals surface area contributed by atoms with E-state index < -0.39 is 18.0 Å². The smallest absolute Gasteiger partial charge is 0.307 e. The summed E-state index contributed by atoms with van der Waals surface area (Å²) in [4.78, 5) is 36.6. The topological polar surface area (TPSA) is 88.1 Å². The SMILES string of the molecule is Cc1cccc(NC(=O)[C@H](C)OC(=O)CCC(=O)N2CCC(c3ccccc3)=N2)c1. The van der Waals surface area contributed by atoms with Crippen molar-refractivity contribution in [2.45, 2.75) is 39.2 Å². The van der Waals surface area contributed by atoms with Crippen LogP contribution in [0.2, 0.25) is 0 Å². The molecule has 0 aromatic heterocycles. The first-order valence-electron chi connectivity index (χ1n) is 9.92. The Hall–Kier alpha value is -3.48. The molecular weight excluding hydrogens is 382 g/mol. The first-order chi connectivity index (χ1) is 14.4. The summed E-state index contributed by atoms with van der Waals surface area (Å²) in [5.74, 6) is -1.26. The van der Waals surface area contributed by atoms with Crippen LogP contribution < -0.4 is 5.32 Å². The van der Waals surface area contributed by atoms with E-state index >= 15 is 0 Å². The number of benzene rings is 2. The molecule has 1 aliphatic rings. The summed E-state index contributed by atoms with van der Waals surface area (Å²) >= 11 is 0. The van der Waals surface area contributed by atoms with Gasteiger partial charge in [0.1, 0.15) is 0 Å². The third kappa shape index (κ3) is 5.76. The van der Waals surface area contributed by atoms with Crippen molar-refractivity contribution in [1.29, 1.82) is 0 Å². The first-order valence-corrected chi connectivity index (χ1v) is 9.92. The Bertz CT molecular complexity index is 956. The van der Waals surface area contributed by atoms with Gasteiger partial charge in [0.2, 0.25) is 5.91 Å². The molecule has 2 amide bonds. The van der Waals surface area contributed by atoms with Crippen LogP contribution in [-0.2, 0) is 19.1 Å². The molecule has 1 aliphatic heterocycles. The van der Waals surface area contributed by atoms with Gasteiger partial charge in [-0.15, -0.1) is 0 Å². The second kappa shape index (κ2) is 9.82. The van der Waals surface area contributed by atoms with E-state index in [4.69, 9.17) is 4.74 Å². The molecule has 1 N–H and O–H groups in total. The molecule has 1 heterocycles. The average Bonchev–Trinajstić information content (AvgIpc) is 3.23. The van der Waals surface area contributed by atoms with Crippen molar-refractivity contribution in [2.24, 2.45) is 5.10 Å². The molecule has 156 valence electrons. The number of hydrazone groups is 1. The van der Waals surface area contributed by atoms with Crippen molar-refractivity contribution in [3.8, 4) is 0 Å². The number of rotatable bonds is 7. The Morgan fingerprint density at radius 3 is 2.60 bits per heavy atom. The summed E-state index contributed by atoms with van der Waals surface area (Å²) < 4.78 is 5.16. The quantitative estimate of drug-likeness (QED) is 0.714. The van der Waals surface area contributed by atoms with Gasteiger partial charge in [0.15, 0.2) is 6.10 Å². The van der Waals surface area contributed by atoms with Crippen LogP contribution in [0, 0.1) is 6.92 Å². The number of carbonyl (C=O) groups excluding carboxylic acids is 3. The summed E-state index contributed by atoms with van der Waals surface area (Å²) in [6, 6.07) is 17.0. The van der Waals surface area contributed by atoms with Crippen molar-refractivity contribution in [1.82, 2.24) is 5.01 Å². The molecule has 30 heavy (non-hydrogen) atoms. The van der Waals surface area contributed by atoms with Gasteiger partial charge in [0.25, 0.3) is 5.91 Å². The van der Waals surface area contributed by atoms with E-state index in [2.05, 4.69) is 10.4 Å². The molecule has 1 atom stereocenters. The van der Waals surface area contributed by atoms with E-state index in [1.54, 1.807) is 6.07 Å². The van der Waals surface area contributed by atoms with Gasteiger partial charge in [-0.05, 0) is 37.1 Å². The van der Waals surface area contributed by atoms with Crippen LogP contribution in [0.25, 0.3) is 0 Å². The van der Waals surface area contributed by atoms with Gasteiger partial charge in [-0.1, -0.05) is 42.5 Å². The first kappa shape index (κ1) is 21.2. The van der Waals surface area contributed by atoms with Gasteiger partial charge in [0, 0.05) is 18.5 Å². The van der Waals surface area contributed by atoms with Gasteiger partial charge in [-0.2, -0.15) is 5.10 Å². The molecule has 0 fully saturated rings. The van der Waals surface area contributed by atoms with Gasteiger partial charge in [-0.3, -0.25) is 14.4 Å². The van der Waals surface area contributed by atoms with E-state index in [0.717, 1.165) is 16.8 Å². The molecule has 0 saturated carbocycles. The maximum Gasteiger partial charge on any atom is 0.307 e. The Labute approximate surface area is 175 Å². The van der Waals surface area contributed by atoms with Crippen LogP contribution in [0.1, 0.15) is 37.3 Å². The molecule has 0 bridgehead atoms. The highest BCUT2D eigenvalue weighted by Crippen LogP contribution is 2.15. The lowest BCUT2D eigenvalue weighted by Gasteiger charge is -2.14. The predicted octanol–water partition coefficient (Wildman–Crippen LogP) is 3.28. The second-order valence-corrected chi connectivity index (χ2v) is 7.17. The standard InChI is InChI=1S/C23H25N3O4/c1-16-7-6-10-19(15-16)24-23(29)17(2)30-22(28)12-11-21(27)26-14-13-20(25-26)18-8-4-3-5-9-18/h3-10,15,17H,11-14H2,1-2H3,(H,24,29)/t17-/m0/s1. The number of anilines is 1. The van der Waals surface area contributed by atoms with Crippen LogP contribution in [-0.4, -0.2) is 41.2 Å². The maximum atomic E-state index is 12.4. The van der Waals surface area contributed by atoms with Crippen LogP contribution in [0.4, 0.5) is 5.69 Å². The van der Waals surface area contributed by atoms with Crippen LogP contribution in [0.15, 0.2) is 59.7 Å². The lowest BCUT2D eigenvalue weighted by Crippen LogP contribution is -2.30. The van der Waals surface area contributed by atoms with Gasteiger partial charge < -0.3 is 10.1 Å². The molecule has 7 nitrogen and oxygen atoms in total. The normalized spacial score (nSPS) is 14.1. The summed E-state index contributed by atoms with van der Waals surface area (Å²) in [5, 5.41) is 8.46. The number of carbonyl (C=O) groups is 3. The molecule has 0 unspecified atom stereocenters. The molecule has 2 aromatic carbocycles. The predicted molar refractivity (Wildman–Crippen MR) is 114 cm³/mol. The van der Waals surface area contributed by atoms with E-state index in [9.17, 15) is 14.4 Å². The molecule has 2 aromatic rings. The number of ether oxygens (including phenoxy) is 1. The Balaban J connectivity index is 1.44. The molecule has 0 aliphatic carbocycles. The zero-order valence-electron chi connectivity index (χ0n) is 17.1. The van der Waals surface area contributed by atoms with E-state index in [1.165, 1.54) is 11.9 Å². The molecule has 3 rings (SSSR count). The van der Waals surface area contributed by atoms with Crippen LogP contribution in [0.3, 0.4) is 0 Å². The number of esters is 1. The van der Waals surface area contributed by atoms with Crippen molar-refractivity contribution >= 4 is 29.2 Å². The Morgan fingerprint density at radius 1 is 1.10 bits per heavy atom. The highest BCUT2D eigenvalue weighted by molar-refractivity contribution is 6.02. The van der Waals surface area contributed by atoms with Gasteiger partial charge in [0.05, 0.1) is 18.7 Å². The fraction of sp³-hybridized carbons (Fsp3) is 0.304. The summed E-state index contributed by atoms with van der Waals surface area (Å²) in [6.45, 7) is 3.92. The second-order valence-electron chi connectivity index (χ2n) is 7.17. The maximum absolute atomic E-state index is 12.4. The minimum Gasteiger partial charge on any atom is -0.453 e. The number of nitrogens with zero attached hydrogens (tertiary/aromatic N) is 2. The van der Waals surface area contributed by atoms with Crippen LogP contribution >= 0.6 is 0 Å². The zero-order valence-corrected chi connectivity index (χ0v) is 17.1. The van der Waals surface area contributed by atoms with Gasteiger partial charge in [-0.25, -0.2) is 5.01 Å². The van der Waals surface area contributed by atoms with Crippen molar-refractivity contribution in [3.63, 3.8) is 0 Å². The molecule has 0 spiro atoms. The largest absolute Gasteiger partial charge is 0.453 e. The number of nitrogens with one attached hydrogen (secondary N) is 1. The Kier molecular flexibility index (Phi) is 6.95. The van der Waals surface area contributed by atoms with Crippen LogP contribution in [0.5, 0.6) is 0 Å². The lowest BCUT2D eigenvalue weighted by molar-refractivity contribution is -0.154. The van der Waals surface area contributed by atoms with Crippen molar-refractivity contribution in [2.75, 3.05) is 11.9 Å². The number of hydrogen-bond acceptors (Lipinski definition) is 5. The summed E-state index contributed by atoms with van der Waals surface area (Å²) in [7, 11) is 0.